The van der Waals surface area contributed by atoms with E-state index in [2.05, 4.69) is 43.1 Å². The van der Waals surface area contributed by atoms with E-state index in [9.17, 15) is 5.11 Å². The van der Waals surface area contributed by atoms with Crippen molar-refractivity contribution in [3.05, 3.63) is 30.3 Å². The van der Waals surface area contributed by atoms with E-state index in [-0.39, 0.29) is 12.1 Å². The summed E-state index contributed by atoms with van der Waals surface area (Å²) in [5, 5.41) is 12.9. The molecule has 3 heteroatoms. The van der Waals surface area contributed by atoms with Gasteiger partial charge in [-0.2, -0.15) is 0 Å². The maximum Gasteiger partial charge on any atom is 0.0627 e. The standard InChI is InChI=1S/C14H24N2O/c1-4-15-14(3,12-17)11-16(5-2)13-9-7-6-8-10-13/h6-10,15,17H,4-5,11-12H2,1-3H3. The van der Waals surface area contributed by atoms with Gasteiger partial charge < -0.3 is 15.3 Å². The quantitative estimate of drug-likeness (QED) is 0.758. The number of nitrogens with one attached hydrogen (secondary N) is 1. The van der Waals surface area contributed by atoms with Crippen molar-refractivity contribution >= 4 is 5.69 Å². The van der Waals surface area contributed by atoms with Crippen LogP contribution in [0.2, 0.25) is 0 Å². The van der Waals surface area contributed by atoms with Gasteiger partial charge in [0.2, 0.25) is 0 Å². The summed E-state index contributed by atoms with van der Waals surface area (Å²) in [7, 11) is 0. The van der Waals surface area contributed by atoms with Gasteiger partial charge in [0.1, 0.15) is 0 Å². The number of benzene rings is 1. The maximum atomic E-state index is 9.52. The van der Waals surface area contributed by atoms with E-state index in [4.69, 9.17) is 0 Å². The first kappa shape index (κ1) is 14.0. The molecule has 1 aromatic rings. The Bertz CT molecular complexity index is 315. The molecule has 1 unspecified atom stereocenters. The molecule has 1 rings (SSSR count). The van der Waals surface area contributed by atoms with Crippen LogP contribution in [0, 0.1) is 0 Å². The van der Waals surface area contributed by atoms with Crippen LogP contribution in [0.4, 0.5) is 5.69 Å². The molecule has 0 aliphatic carbocycles. The number of aliphatic hydroxyl groups is 1. The summed E-state index contributed by atoms with van der Waals surface area (Å²) in [6, 6.07) is 10.3. The first-order valence-corrected chi connectivity index (χ1v) is 6.31. The van der Waals surface area contributed by atoms with Crippen LogP contribution in [0.3, 0.4) is 0 Å². The van der Waals surface area contributed by atoms with Crippen molar-refractivity contribution < 1.29 is 5.11 Å². The predicted molar refractivity (Wildman–Crippen MR) is 73.5 cm³/mol. The van der Waals surface area contributed by atoms with Gasteiger partial charge in [0.25, 0.3) is 0 Å². The van der Waals surface area contributed by atoms with Crippen LogP contribution in [0.5, 0.6) is 0 Å². The minimum absolute atomic E-state index is 0.143. The molecule has 2 N–H and O–H groups in total. The number of rotatable bonds is 7. The molecule has 1 atom stereocenters. The second-order valence-electron chi connectivity index (χ2n) is 4.60. The first-order chi connectivity index (χ1) is 8.15. The van der Waals surface area contributed by atoms with Crippen molar-refractivity contribution in [3.8, 4) is 0 Å². The summed E-state index contributed by atoms with van der Waals surface area (Å²) in [6.07, 6.45) is 0. The fraction of sp³-hybridized carbons (Fsp3) is 0.571. The second-order valence-corrected chi connectivity index (χ2v) is 4.60. The normalized spacial score (nSPS) is 14.4. The molecule has 0 saturated heterocycles. The van der Waals surface area contributed by atoms with E-state index >= 15 is 0 Å². The minimum Gasteiger partial charge on any atom is -0.394 e. The molecule has 1 aromatic carbocycles. The molecule has 0 bridgehead atoms. The number of likely N-dealkylation sites (N-methyl/N-ethyl adjacent to an activating group) is 2. The van der Waals surface area contributed by atoms with E-state index < -0.39 is 0 Å². The van der Waals surface area contributed by atoms with Gasteiger partial charge >= 0.3 is 0 Å². The molecule has 0 radical (unpaired) electrons. The monoisotopic (exact) mass is 236 g/mol. The summed E-state index contributed by atoms with van der Waals surface area (Å²) in [6.45, 7) is 9.00. The molecule has 0 saturated carbocycles. The summed E-state index contributed by atoms with van der Waals surface area (Å²) in [5.74, 6) is 0. The molecule has 0 spiro atoms. The molecule has 0 fully saturated rings. The summed E-state index contributed by atoms with van der Waals surface area (Å²) in [5.41, 5.74) is 0.952. The van der Waals surface area contributed by atoms with E-state index in [1.807, 2.05) is 18.2 Å². The largest absolute Gasteiger partial charge is 0.394 e. The van der Waals surface area contributed by atoms with Gasteiger partial charge in [-0.05, 0) is 32.5 Å². The minimum atomic E-state index is -0.249. The predicted octanol–water partition coefficient (Wildman–Crippen LogP) is 1.87. The Morgan fingerprint density at radius 1 is 1.24 bits per heavy atom. The van der Waals surface area contributed by atoms with Crippen LogP contribution in [0.1, 0.15) is 20.8 Å². The Morgan fingerprint density at radius 2 is 1.88 bits per heavy atom. The lowest BCUT2D eigenvalue weighted by Gasteiger charge is -2.35. The van der Waals surface area contributed by atoms with Crippen molar-refractivity contribution in [1.82, 2.24) is 5.32 Å². The molecule has 0 aromatic heterocycles. The van der Waals surface area contributed by atoms with Gasteiger partial charge in [-0.15, -0.1) is 0 Å². The number of hydrogen-bond donors (Lipinski definition) is 2. The van der Waals surface area contributed by atoms with Crippen molar-refractivity contribution in [2.45, 2.75) is 26.3 Å². The molecule has 96 valence electrons. The summed E-state index contributed by atoms with van der Waals surface area (Å²) in [4.78, 5) is 2.28. The fourth-order valence-corrected chi connectivity index (χ4v) is 2.03. The Morgan fingerprint density at radius 3 is 2.35 bits per heavy atom. The highest BCUT2D eigenvalue weighted by molar-refractivity contribution is 5.46. The van der Waals surface area contributed by atoms with Gasteiger partial charge in [-0.1, -0.05) is 25.1 Å². The molecule has 17 heavy (non-hydrogen) atoms. The Labute approximate surface area is 104 Å². The van der Waals surface area contributed by atoms with Crippen molar-refractivity contribution in [1.29, 1.82) is 0 Å². The van der Waals surface area contributed by atoms with Crippen LogP contribution in [-0.2, 0) is 0 Å². The zero-order valence-corrected chi connectivity index (χ0v) is 11.1. The highest BCUT2D eigenvalue weighted by Crippen LogP contribution is 2.16. The highest BCUT2D eigenvalue weighted by Gasteiger charge is 2.24. The lowest BCUT2D eigenvalue weighted by Crippen LogP contribution is -2.54. The van der Waals surface area contributed by atoms with Crippen LogP contribution in [0.25, 0.3) is 0 Å². The molecule has 0 heterocycles. The number of aliphatic hydroxyl groups excluding tert-OH is 1. The second kappa shape index (κ2) is 6.62. The van der Waals surface area contributed by atoms with Gasteiger partial charge in [0.15, 0.2) is 0 Å². The third-order valence-corrected chi connectivity index (χ3v) is 3.00. The van der Waals surface area contributed by atoms with E-state index in [0.717, 1.165) is 19.6 Å². The third-order valence-electron chi connectivity index (χ3n) is 3.00. The highest BCUT2D eigenvalue weighted by atomic mass is 16.3. The molecule has 3 nitrogen and oxygen atoms in total. The van der Waals surface area contributed by atoms with Crippen molar-refractivity contribution in [3.63, 3.8) is 0 Å². The zero-order valence-electron chi connectivity index (χ0n) is 11.1. The smallest absolute Gasteiger partial charge is 0.0627 e. The van der Waals surface area contributed by atoms with E-state index in [0.29, 0.717) is 0 Å². The van der Waals surface area contributed by atoms with Crippen molar-refractivity contribution in [2.24, 2.45) is 0 Å². The van der Waals surface area contributed by atoms with Gasteiger partial charge in [0, 0.05) is 18.8 Å². The lowest BCUT2D eigenvalue weighted by atomic mass is 10.0. The summed E-state index contributed by atoms with van der Waals surface area (Å²) < 4.78 is 0. The van der Waals surface area contributed by atoms with Crippen LogP contribution in [0.15, 0.2) is 30.3 Å². The molecular weight excluding hydrogens is 212 g/mol. The molecule has 0 amide bonds. The Hall–Kier alpha value is -1.06. The Kier molecular flexibility index (Phi) is 5.45. The topological polar surface area (TPSA) is 35.5 Å². The number of para-hydroxylation sites is 1. The SMILES string of the molecule is CCNC(C)(CO)CN(CC)c1ccccc1. The van der Waals surface area contributed by atoms with Crippen LogP contribution >= 0.6 is 0 Å². The van der Waals surface area contributed by atoms with Gasteiger partial charge in [-0.3, -0.25) is 0 Å². The average molecular weight is 236 g/mol. The van der Waals surface area contributed by atoms with Gasteiger partial charge in [-0.25, -0.2) is 0 Å². The number of anilines is 1. The third kappa shape index (κ3) is 4.02. The van der Waals surface area contributed by atoms with Crippen LogP contribution < -0.4 is 10.2 Å². The van der Waals surface area contributed by atoms with E-state index in [1.54, 1.807) is 0 Å². The van der Waals surface area contributed by atoms with Crippen molar-refractivity contribution in [2.75, 3.05) is 31.1 Å². The fourth-order valence-electron chi connectivity index (χ4n) is 2.03. The van der Waals surface area contributed by atoms with Gasteiger partial charge in [0.05, 0.1) is 12.1 Å². The molecule has 0 aliphatic heterocycles. The van der Waals surface area contributed by atoms with E-state index in [1.165, 1.54) is 5.69 Å². The number of nitrogens with zero attached hydrogens (tertiary/aromatic N) is 1. The maximum absolute atomic E-state index is 9.52. The molecular formula is C14H24N2O. The zero-order chi connectivity index (χ0) is 12.7. The lowest BCUT2D eigenvalue weighted by molar-refractivity contribution is 0.180. The first-order valence-electron chi connectivity index (χ1n) is 6.31. The van der Waals surface area contributed by atoms with Crippen LogP contribution in [-0.4, -0.2) is 36.9 Å². The molecule has 0 aliphatic rings. The number of hydrogen-bond acceptors (Lipinski definition) is 3. The summed E-state index contributed by atoms with van der Waals surface area (Å²) >= 11 is 0. The Balaban J connectivity index is 2.75. The average Bonchev–Trinajstić information content (AvgIpc) is 2.37.